The van der Waals surface area contributed by atoms with Crippen LogP contribution in [-0.4, -0.2) is 13.1 Å². The Morgan fingerprint density at radius 3 is 2.21 bits per heavy atom. The van der Waals surface area contributed by atoms with Crippen molar-refractivity contribution in [3.8, 4) is 0 Å². The molecule has 0 aliphatic rings. The minimum Gasteiger partial charge on any atom is -0.465 e. The number of rotatable bonds is 2. The Bertz CT molecular complexity index is 335. The first kappa shape index (κ1) is 10.7. The van der Waals surface area contributed by atoms with E-state index in [1.807, 2.05) is 13.8 Å². The summed E-state index contributed by atoms with van der Waals surface area (Å²) in [6, 6.07) is 3.61. The number of hydrogen-bond donors (Lipinski definition) is 1. The van der Waals surface area contributed by atoms with Crippen molar-refractivity contribution in [2.75, 3.05) is 7.11 Å². The number of methoxy groups -OCH3 is 1. The summed E-state index contributed by atoms with van der Waals surface area (Å²) < 4.78 is 4.65. The molecule has 1 aromatic rings. The van der Waals surface area contributed by atoms with Gasteiger partial charge in [0.25, 0.3) is 0 Å². The van der Waals surface area contributed by atoms with Gasteiger partial charge in [0.05, 0.1) is 12.7 Å². The molecule has 1 rings (SSSR count). The number of carbonyl (C=O) groups is 1. The second-order valence-electron chi connectivity index (χ2n) is 3.28. The van der Waals surface area contributed by atoms with Gasteiger partial charge in [-0.15, -0.1) is 0 Å². The Morgan fingerprint density at radius 2 is 1.86 bits per heavy atom. The molecular formula is C11H15NO2. The summed E-state index contributed by atoms with van der Waals surface area (Å²) >= 11 is 0. The molecular weight excluding hydrogens is 178 g/mol. The van der Waals surface area contributed by atoms with Gasteiger partial charge in [0.2, 0.25) is 0 Å². The average Bonchev–Trinajstić information content (AvgIpc) is 2.16. The van der Waals surface area contributed by atoms with E-state index in [-0.39, 0.29) is 5.97 Å². The highest BCUT2D eigenvalue weighted by atomic mass is 16.5. The van der Waals surface area contributed by atoms with Crippen molar-refractivity contribution in [3.63, 3.8) is 0 Å². The number of esters is 1. The van der Waals surface area contributed by atoms with Crippen LogP contribution < -0.4 is 5.73 Å². The number of ether oxygens (including phenoxy) is 1. The molecule has 76 valence electrons. The van der Waals surface area contributed by atoms with Crippen molar-refractivity contribution >= 4 is 5.97 Å². The van der Waals surface area contributed by atoms with Gasteiger partial charge in [-0.1, -0.05) is 0 Å². The Hall–Kier alpha value is -1.35. The molecule has 0 bridgehead atoms. The van der Waals surface area contributed by atoms with Crippen LogP contribution in [0.4, 0.5) is 0 Å². The summed E-state index contributed by atoms with van der Waals surface area (Å²) in [5.74, 6) is -0.306. The van der Waals surface area contributed by atoms with Crippen LogP contribution in [0, 0.1) is 13.8 Å². The topological polar surface area (TPSA) is 52.3 Å². The third-order valence-corrected chi connectivity index (χ3v) is 2.32. The van der Waals surface area contributed by atoms with Crippen LogP contribution in [0.3, 0.4) is 0 Å². The van der Waals surface area contributed by atoms with Crippen LogP contribution in [0.15, 0.2) is 12.1 Å². The molecule has 1 aromatic carbocycles. The van der Waals surface area contributed by atoms with E-state index in [0.717, 1.165) is 16.7 Å². The van der Waals surface area contributed by atoms with E-state index in [9.17, 15) is 4.79 Å². The van der Waals surface area contributed by atoms with Crippen molar-refractivity contribution in [2.24, 2.45) is 5.73 Å². The van der Waals surface area contributed by atoms with Crippen LogP contribution in [0.2, 0.25) is 0 Å². The van der Waals surface area contributed by atoms with Crippen LogP contribution in [0.1, 0.15) is 27.0 Å². The Labute approximate surface area is 83.9 Å². The quantitative estimate of drug-likeness (QED) is 0.725. The average molecular weight is 193 g/mol. The first-order chi connectivity index (χ1) is 6.60. The standard InChI is InChI=1S/C11H15NO2/c1-7-4-9(11(13)14-3)5-8(2)10(7)6-12/h4-5H,6,12H2,1-3H3. The fourth-order valence-corrected chi connectivity index (χ4v) is 1.55. The Balaban J connectivity index is 3.20. The predicted molar refractivity (Wildman–Crippen MR) is 55.1 cm³/mol. The van der Waals surface area contributed by atoms with E-state index < -0.39 is 0 Å². The molecule has 0 saturated carbocycles. The number of nitrogens with two attached hydrogens (primary N) is 1. The van der Waals surface area contributed by atoms with Gasteiger partial charge >= 0.3 is 5.97 Å². The van der Waals surface area contributed by atoms with Gasteiger partial charge < -0.3 is 10.5 Å². The van der Waals surface area contributed by atoms with E-state index >= 15 is 0 Å². The summed E-state index contributed by atoms with van der Waals surface area (Å²) in [6.07, 6.45) is 0. The van der Waals surface area contributed by atoms with Crippen LogP contribution in [0.25, 0.3) is 0 Å². The summed E-state index contributed by atoms with van der Waals surface area (Å²) in [7, 11) is 1.38. The van der Waals surface area contributed by atoms with Gasteiger partial charge in [-0.05, 0) is 42.7 Å². The molecule has 0 radical (unpaired) electrons. The summed E-state index contributed by atoms with van der Waals surface area (Å²) in [5.41, 5.74) is 9.34. The monoisotopic (exact) mass is 193 g/mol. The van der Waals surface area contributed by atoms with Crippen molar-refractivity contribution in [1.29, 1.82) is 0 Å². The highest BCUT2D eigenvalue weighted by Crippen LogP contribution is 2.16. The summed E-state index contributed by atoms with van der Waals surface area (Å²) in [6.45, 7) is 4.39. The molecule has 14 heavy (non-hydrogen) atoms. The third kappa shape index (κ3) is 1.93. The fraction of sp³-hybridized carbons (Fsp3) is 0.364. The Kier molecular flexibility index (Phi) is 3.25. The third-order valence-electron chi connectivity index (χ3n) is 2.32. The second kappa shape index (κ2) is 4.24. The van der Waals surface area contributed by atoms with Crippen molar-refractivity contribution in [1.82, 2.24) is 0 Å². The van der Waals surface area contributed by atoms with E-state index in [0.29, 0.717) is 12.1 Å². The van der Waals surface area contributed by atoms with E-state index in [1.54, 1.807) is 12.1 Å². The molecule has 0 atom stereocenters. The lowest BCUT2D eigenvalue weighted by atomic mass is 9.99. The predicted octanol–water partition coefficient (Wildman–Crippen LogP) is 1.55. The molecule has 0 fully saturated rings. The number of aryl methyl sites for hydroxylation is 2. The lowest BCUT2D eigenvalue weighted by molar-refractivity contribution is 0.0600. The zero-order valence-corrected chi connectivity index (χ0v) is 8.76. The molecule has 0 unspecified atom stereocenters. The first-order valence-electron chi connectivity index (χ1n) is 4.48. The van der Waals surface area contributed by atoms with Gasteiger partial charge in [-0.25, -0.2) is 4.79 Å². The van der Waals surface area contributed by atoms with Gasteiger partial charge in [0, 0.05) is 6.54 Å². The number of hydrogen-bond acceptors (Lipinski definition) is 3. The smallest absolute Gasteiger partial charge is 0.337 e. The lowest BCUT2D eigenvalue weighted by Gasteiger charge is -2.09. The molecule has 0 aliphatic heterocycles. The summed E-state index contributed by atoms with van der Waals surface area (Å²) in [4.78, 5) is 11.3. The second-order valence-corrected chi connectivity index (χ2v) is 3.28. The van der Waals surface area contributed by atoms with E-state index in [2.05, 4.69) is 4.74 Å². The minimum atomic E-state index is -0.306. The zero-order chi connectivity index (χ0) is 10.7. The molecule has 2 N–H and O–H groups in total. The van der Waals surface area contributed by atoms with Crippen molar-refractivity contribution in [2.45, 2.75) is 20.4 Å². The van der Waals surface area contributed by atoms with Crippen molar-refractivity contribution in [3.05, 3.63) is 34.4 Å². The maximum absolute atomic E-state index is 11.3. The van der Waals surface area contributed by atoms with Gasteiger partial charge in [0.1, 0.15) is 0 Å². The van der Waals surface area contributed by atoms with E-state index in [1.165, 1.54) is 7.11 Å². The van der Waals surface area contributed by atoms with E-state index in [4.69, 9.17) is 5.73 Å². The zero-order valence-electron chi connectivity index (χ0n) is 8.76. The number of benzene rings is 1. The fourth-order valence-electron chi connectivity index (χ4n) is 1.55. The largest absolute Gasteiger partial charge is 0.465 e. The molecule has 0 amide bonds. The van der Waals surface area contributed by atoms with Gasteiger partial charge in [-0.3, -0.25) is 0 Å². The SMILES string of the molecule is COC(=O)c1cc(C)c(CN)c(C)c1. The molecule has 3 heteroatoms. The van der Waals surface area contributed by atoms with Gasteiger partial charge in [0.15, 0.2) is 0 Å². The van der Waals surface area contributed by atoms with Crippen LogP contribution in [-0.2, 0) is 11.3 Å². The van der Waals surface area contributed by atoms with Crippen LogP contribution >= 0.6 is 0 Å². The minimum absolute atomic E-state index is 0.306. The normalized spacial score (nSPS) is 10.0. The molecule has 0 aliphatic carbocycles. The van der Waals surface area contributed by atoms with Crippen molar-refractivity contribution < 1.29 is 9.53 Å². The highest BCUT2D eigenvalue weighted by molar-refractivity contribution is 5.89. The molecule has 0 spiro atoms. The lowest BCUT2D eigenvalue weighted by Crippen LogP contribution is -2.07. The highest BCUT2D eigenvalue weighted by Gasteiger charge is 2.09. The maximum atomic E-state index is 11.3. The Morgan fingerprint density at radius 1 is 1.36 bits per heavy atom. The summed E-state index contributed by atoms with van der Waals surface area (Å²) in [5, 5.41) is 0. The first-order valence-corrected chi connectivity index (χ1v) is 4.48. The number of carbonyl (C=O) groups excluding carboxylic acids is 1. The molecule has 0 aromatic heterocycles. The molecule has 3 nitrogen and oxygen atoms in total. The maximum Gasteiger partial charge on any atom is 0.337 e. The van der Waals surface area contributed by atoms with Gasteiger partial charge in [-0.2, -0.15) is 0 Å². The molecule has 0 heterocycles. The molecule has 0 saturated heterocycles. The van der Waals surface area contributed by atoms with Crippen LogP contribution in [0.5, 0.6) is 0 Å².